The van der Waals surface area contributed by atoms with Crippen molar-refractivity contribution in [2.45, 2.75) is 38.2 Å². The van der Waals surface area contributed by atoms with Crippen LogP contribution in [0.3, 0.4) is 0 Å². The standard InChI is InChI=1S/C22H25N3O6S/c1-5-18-22(28)24-17-9-13(2)20(11-19(17)31-18)32(29,30)25(4)12-21(27)23-16-8-6-7-15(10-16)14(3)26/h6-11,18H,5,12H2,1-4H3,(H,23,27)(H,24,28)/t18-/m0/s1. The van der Waals surface area contributed by atoms with Crippen LogP contribution in [0.5, 0.6) is 5.75 Å². The van der Waals surface area contributed by atoms with Crippen LogP contribution >= 0.6 is 0 Å². The molecule has 0 unspecified atom stereocenters. The van der Waals surface area contributed by atoms with Crippen LogP contribution in [0.4, 0.5) is 11.4 Å². The first kappa shape index (κ1) is 23.4. The second-order valence-corrected chi connectivity index (χ2v) is 9.58. The molecule has 2 amide bonds. The van der Waals surface area contributed by atoms with Gasteiger partial charge in [-0.3, -0.25) is 14.4 Å². The number of carbonyl (C=O) groups excluding carboxylic acids is 3. The summed E-state index contributed by atoms with van der Waals surface area (Å²) in [5.74, 6) is -0.716. The van der Waals surface area contributed by atoms with Crippen LogP contribution in [-0.4, -0.2) is 50.0 Å². The number of hydrogen-bond acceptors (Lipinski definition) is 6. The highest BCUT2D eigenvalue weighted by molar-refractivity contribution is 7.89. The fourth-order valence-electron chi connectivity index (χ4n) is 3.30. The molecule has 9 nitrogen and oxygen atoms in total. The van der Waals surface area contributed by atoms with Gasteiger partial charge < -0.3 is 15.4 Å². The van der Waals surface area contributed by atoms with Crippen molar-refractivity contribution < 1.29 is 27.5 Å². The van der Waals surface area contributed by atoms with Crippen molar-refractivity contribution in [2.24, 2.45) is 0 Å². The van der Waals surface area contributed by atoms with E-state index >= 15 is 0 Å². The Kier molecular flexibility index (Phi) is 6.65. The zero-order valence-corrected chi connectivity index (χ0v) is 19.1. The summed E-state index contributed by atoms with van der Waals surface area (Å²) >= 11 is 0. The average Bonchev–Trinajstić information content (AvgIpc) is 2.72. The Labute approximate surface area is 186 Å². The third kappa shape index (κ3) is 4.81. The molecule has 0 bridgehead atoms. The molecule has 2 N–H and O–H groups in total. The van der Waals surface area contributed by atoms with Crippen LogP contribution in [0, 0.1) is 6.92 Å². The lowest BCUT2D eigenvalue weighted by Crippen LogP contribution is -2.37. The van der Waals surface area contributed by atoms with Crippen molar-refractivity contribution in [1.29, 1.82) is 0 Å². The van der Waals surface area contributed by atoms with E-state index in [1.54, 1.807) is 32.0 Å². The van der Waals surface area contributed by atoms with Crippen LogP contribution in [0.2, 0.25) is 0 Å². The van der Waals surface area contributed by atoms with Gasteiger partial charge in [0.15, 0.2) is 11.9 Å². The quantitative estimate of drug-likeness (QED) is 0.614. The molecule has 3 rings (SSSR count). The molecule has 1 aliphatic heterocycles. The number of ether oxygens (including phenoxy) is 1. The Morgan fingerprint density at radius 3 is 2.59 bits per heavy atom. The molecule has 0 radical (unpaired) electrons. The SMILES string of the molecule is CC[C@@H]1Oc2cc(S(=O)(=O)N(C)CC(=O)Nc3cccc(C(C)=O)c3)c(C)cc2NC1=O. The van der Waals surface area contributed by atoms with E-state index in [-0.39, 0.29) is 22.3 Å². The molecule has 32 heavy (non-hydrogen) atoms. The Morgan fingerprint density at radius 1 is 1.22 bits per heavy atom. The van der Waals surface area contributed by atoms with Gasteiger partial charge in [-0.15, -0.1) is 0 Å². The number of sulfonamides is 1. The monoisotopic (exact) mass is 459 g/mol. The smallest absolute Gasteiger partial charge is 0.265 e. The molecule has 2 aromatic carbocycles. The van der Waals surface area contributed by atoms with Crippen molar-refractivity contribution in [2.75, 3.05) is 24.2 Å². The fraction of sp³-hybridized carbons (Fsp3) is 0.318. The maximum atomic E-state index is 13.1. The average molecular weight is 460 g/mol. The summed E-state index contributed by atoms with van der Waals surface area (Å²) in [6.45, 7) is 4.38. The van der Waals surface area contributed by atoms with Gasteiger partial charge in [0.25, 0.3) is 5.91 Å². The third-order valence-electron chi connectivity index (χ3n) is 5.07. The van der Waals surface area contributed by atoms with Crippen molar-refractivity contribution in [3.05, 3.63) is 47.5 Å². The first-order chi connectivity index (χ1) is 15.0. The van der Waals surface area contributed by atoms with E-state index in [9.17, 15) is 22.8 Å². The lowest BCUT2D eigenvalue weighted by atomic mass is 10.1. The van der Waals surface area contributed by atoms with E-state index in [0.717, 1.165) is 4.31 Å². The lowest BCUT2D eigenvalue weighted by molar-refractivity contribution is -0.123. The molecule has 2 aromatic rings. The van der Waals surface area contributed by atoms with Crippen LogP contribution in [0.15, 0.2) is 41.3 Å². The number of hydrogen-bond donors (Lipinski definition) is 2. The highest BCUT2D eigenvalue weighted by atomic mass is 32.2. The fourth-order valence-corrected chi connectivity index (χ4v) is 4.65. The molecule has 0 aromatic heterocycles. The minimum atomic E-state index is -4.02. The van der Waals surface area contributed by atoms with Crippen molar-refractivity contribution in [3.63, 3.8) is 0 Å². The molecule has 0 saturated heterocycles. The van der Waals surface area contributed by atoms with Crippen LogP contribution in [0.1, 0.15) is 36.2 Å². The number of Topliss-reactive ketones (excluding diaryl/α,β-unsaturated/α-hetero) is 1. The van der Waals surface area contributed by atoms with E-state index in [4.69, 9.17) is 4.74 Å². The first-order valence-corrected chi connectivity index (χ1v) is 11.5. The second-order valence-electron chi connectivity index (χ2n) is 7.56. The lowest BCUT2D eigenvalue weighted by Gasteiger charge is -2.27. The summed E-state index contributed by atoms with van der Waals surface area (Å²) in [6.07, 6.45) is -0.262. The molecular formula is C22H25N3O6S. The van der Waals surface area contributed by atoms with Gasteiger partial charge in [0.1, 0.15) is 5.75 Å². The number of nitrogens with zero attached hydrogens (tertiary/aromatic N) is 1. The Balaban J connectivity index is 1.79. The van der Waals surface area contributed by atoms with E-state index in [1.807, 2.05) is 0 Å². The third-order valence-corrected chi connectivity index (χ3v) is 7.02. The van der Waals surface area contributed by atoms with E-state index in [0.29, 0.717) is 28.9 Å². The molecule has 0 fully saturated rings. The Morgan fingerprint density at radius 2 is 1.94 bits per heavy atom. The molecule has 10 heteroatoms. The number of benzene rings is 2. The van der Waals surface area contributed by atoms with Crippen molar-refractivity contribution >= 4 is 39.0 Å². The first-order valence-electron chi connectivity index (χ1n) is 10.0. The van der Waals surface area contributed by atoms with Gasteiger partial charge in [-0.1, -0.05) is 19.1 Å². The number of carbonyl (C=O) groups is 3. The summed E-state index contributed by atoms with van der Waals surface area (Å²) in [5.41, 5.74) is 1.64. The summed E-state index contributed by atoms with van der Waals surface area (Å²) < 4.78 is 32.9. The molecule has 170 valence electrons. The van der Waals surface area contributed by atoms with Gasteiger partial charge >= 0.3 is 0 Å². The van der Waals surface area contributed by atoms with Gasteiger partial charge in [0.2, 0.25) is 15.9 Å². The summed E-state index contributed by atoms with van der Waals surface area (Å²) in [6, 6.07) is 9.30. The number of anilines is 2. The zero-order chi connectivity index (χ0) is 23.6. The molecule has 1 atom stereocenters. The van der Waals surface area contributed by atoms with E-state index in [2.05, 4.69) is 10.6 Å². The number of amides is 2. The number of fused-ring (bicyclic) bond motifs is 1. The number of rotatable bonds is 7. The number of aryl methyl sites for hydroxylation is 1. The minimum absolute atomic E-state index is 0.0175. The van der Waals surface area contributed by atoms with E-state index < -0.39 is 28.6 Å². The summed E-state index contributed by atoms with van der Waals surface area (Å²) in [5, 5.41) is 5.33. The highest BCUT2D eigenvalue weighted by Gasteiger charge is 2.31. The molecular weight excluding hydrogens is 434 g/mol. The highest BCUT2D eigenvalue weighted by Crippen LogP contribution is 2.35. The normalized spacial score (nSPS) is 15.5. The van der Waals surface area contributed by atoms with Crippen LogP contribution < -0.4 is 15.4 Å². The van der Waals surface area contributed by atoms with Crippen LogP contribution in [-0.2, 0) is 19.6 Å². The maximum absolute atomic E-state index is 13.1. The van der Waals surface area contributed by atoms with Gasteiger partial charge in [0, 0.05) is 24.4 Å². The zero-order valence-electron chi connectivity index (χ0n) is 18.3. The van der Waals surface area contributed by atoms with Gasteiger partial charge in [-0.05, 0) is 44.0 Å². The predicted molar refractivity (Wildman–Crippen MR) is 119 cm³/mol. The molecule has 0 saturated carbocycles. The van der Waals surface area contributed by atoms with Crippen molar-refractivity contribution in [3.8, 4) is 5.75 Å². The van der Waals surface area contributed by atoms with Crippen molar-refractivity contribution in [1.82, 2.24) is 4.31 Å². The molecule has 1 heterocycles. The summed E-state index contributed by atoms with van der Waals surface area (Å²) in [4.78, 5) is 35.9. The number of ketones is 1. The predicted octanol–water partition coefficient (Wildman–Crippen LogP) is 2.57. The topological polar surface area (TPSA) is 122 Å². The molecule has 1 aliphatic rings. The molecule has 0 spiro atoms. The maximum Gasteiger partial charge on any atom is 0.265 e. The van der Waals surface area contributed by atoms with Crippen LogP contribution in [0.25, 0.3) is 0 Å². The van der Waals surface area contributed by atoms with Gasteiger partial charge in [-0.2, -0.15) is 4.31 Å². The van der Waals surface area contributed by atoms with Gasteiger partial charge in [0.05, 0.1) is 17.1 Å². The molecule has 0 aliphatic carbocycles. The van der Waals surface area contributed by atoms with Gasteiger partial charge in [-0.25, -0.2) is 8.42 Å². The Bertz CT molecular complexity index is 1190. The minimum Gasteiger partial charge on any atom is -0.478 e. The summed E-state index contributed by atoms with van der Waals surface area (Å²) in [7, 11) is -2.72. The number of likely N-dealkylation sites (N-methyl/N-ethyl adjacent to an activating group) is 1. The second kappa shape index (κ2) is 9.09. The Hall–Kier alpha value is -3.24. The number of nitrogens with one attached hydrogen (secondary N) is 2. The largest absolute Gasteiger partial charge is 0.478 e. The van der Waals surface area contributed by atoms with E-state index in [1.165, 1.54) is 32.2 Å².